The van der Waals surface area contributed by atoms with Crippen LogP contribution in [0.2, 0.25) is 0 Å². The van der Waals surface area contributed by atoms with Crippen LogP contribution in [0.25, 0.3) is 0 Å². The minimum atomic E-state index is -0.842. The van der Waals surface area contributed by atoms with Gasteiger partial charge >= 0.3 is 0 Å². The number of benzene rings is 1. The summed E-state index contributed by atoms with van der Waals surface area (Å²) in [4.78, 5) is 12.1. The summed E-state index contributed by atoms with van der Waals surface area (Å²) in [5.74, 6) is -0.108. The highest BCUT2D eigenvalue weighted by molar-refractivity contribution is 5.86. The number of rotatable bonds is 4. The van der Waals surface area contributed by atoms with Gasteiger partial charge < -0.3 is 15.8 Å². The fourth-order valence-electron chi connectivity index (χ4n) is 2.15. The van der Waals surface area contributed by atoms with Crippen molar-refractivity contribution < 1.29 is 9.53 Å². The molecule has 1 aromatic rings. The average Bonchev–Trinajstić information content (AvgIpc) is 2.78. The van der Waals surface area contributed by atoms with Gasteiger partial charge in [-0.2, -0.15) is 0 Å². The largest absolute Gasteiger partial charge is 0.379 e. The Balaban J connectivity index is 1.87. The van der Waals surface area contributed by atoms with Crippen molar-refractivity contribution in [2.45, 2.75) is 31.3 Å². The average molecular weight is 248 g/mol. The van der Waals surface area contributed by atoms with E-state index >= 15 is 0 Å². The van der Waals surface area contributed by atoms with Crippen LogP contribution in [-0.4, -0.2) is 30.7 Å². The van der Waals surface area contributed by atoms with Crippen molar-refractivity contribution in [3.8, 4) is 0 Å². The zero-order valence-electron chi connectivity index (χ0n) is 10.7. The Morgan fingerprint density at radius 2 is 2.22 bits per heavy atom. The summed E-state index contributed by atoms with van der Waals surface area (Å²) in [6.45, 7) is 2.87. The molecule has 18 heavy (non-hydrogen) atoms. The van der Waals surface area contributed by atoms with E-state index in [9.17, 15) is 4.79 Å². The van der Waals surface area contributed by atoms with Crippen LogP contribution in [0.15, 0.2) is 30.3 Å². The molecule has 1 aliphatic heterocycles. The Morgan fingerprint density at radius 1 is 1.50 bits per heavy atom. The molecular formula is C14H20N2O2. The molecule has 0 bridgehead atoms. The molecule has 3 N–H and O–H groups in total. The lowest BCUT2D eigenvalue weighted by Gasteiger charge is -2.23. The van der Waals surface area contributed by atoms with Gasteiger partial charge in [0.25, 0.3) is 0 Å². The Kier molecular flexibility index (Phi) is 3.99. The monoisotopic (exact) mass is 248 g/mol. The molecule has 1 aliphatic rings. The first-order valence-electron chi connectivity index (χ1n) is 6.32. The highest BCUT2D eigenvalue weighted by Crippen LogP contribution is 2.16. The lowest BCUT2D eigenvalue weighted by molar-refractivity contribution is -0.126. The first kappa shape index (κ1) is 13.1. The van der Waals surface area contributed by atoms with Crippen LogP contribution >= 0.6 is 0 Å². The van der Waals surface area contributed by atoms with Gasteiger partial charge in [0.1, 0.15) is 5.54 Å². The summed E-state index contributed by atoms with van der Waals surface area (Å²) in [5.41, 5.74) is 6.37. The summed E-state index contributed by atoms with van der Waals surface area (Å²) in [6, 6.07) is 10.2. The maximum absolute atomic E-state index is 12.1. The number of hydrogen-bond acceptors (Lipinski definition) is 3. The van der Waals surface area contributed by atoms with Gasteiger partial charge in [0.15, 0.2) is 0 Å². The number of amides is 1. The Hall–Kier alpha value is -1.39. The maximum atomic E-state index is 12.1. The predicted octanol–water partition coefficient (Wildman–Crippen LogP) is 0.852. The van der Waals surface area contributed by atoms with Gasteiger partial charge in [-0.15, -0.1) is 0 Å². The standard InChI is InChI=1S/C14H20N2O2/c1-11(9-12-5-3-2-4-6-12)16-13(17)14(15)7-8-18-10-14/h2-6,11H,7-10,15H2,1H3,(H,16,17). The van der Waals surface area contributed by atoms with Gasteiger partial charge in [0, 0.05) is 12.6 Å². The molecule has 2 rings (SSSR count). The van der Waals surface area contributed by atoms with Gasteiger partial charge in [-0.05, 0) is 25.3 Å². The molecule has 0 aliphatic carbocycles. The fourth-order valence-corrected chi connectivity index (χ4v) is 2.15. The third kappa shape index (κ3) is 3.09. The molecule has 0 aromatic heterocycles. The molecule has 98 valence electrons. The Bertz CT molecular complexity index is 400. The molecule has 1 heterocycles. The number of ether oxygens (including phenoxy) is 1. The highest BCUT2D eigenvalue weighted by atomic mass is 16.5. The second-order valence-electron chi connectivity index (χ2n) is 5.02. The number of nitrogens with one attached hydrogen (secondary N) is 1. The molecule has 4 nitrogen and oxygen atoms in total. The quantitative estimate of drug-likeness (QED) is 0.830. The van der Waals surface area contributed by atoms with Gasteiger partial charge in [0.2, 0.25) is 5.91 Å². The first-order valence-corrected chi connectivity index (χ1v) is 6.32. The van der Waals surface area contributed by atoms with Gasteiger partial charge in [-0.25, -0.2) is 0 Å². The van der Waals surface area contributed by atoms with Gasteiger partial charge in [-0.1, -0.05) is 30.3 Å². The summed E-state index contributed by atoms with van der Waals surface area (Å²) < 4.78 is 5.20. The van der Waals surface area contributed by atoms with Crippen molar-refractivity contribution >= 4 is 5.91 Å². The van der Waals surface area contributed by atoms with E-state index in [0.717, 1.165) is 6.42 Å². The molecule has 1 saturated heterocycles. The molecule has 1 aromatic carbocycles. The normalized spacial score (nSPS) is 24.8. The van der Waals surface area contributed by atoms with Gasteiger partial charge in [0.05, 0.1) is 6.61 Å². The van der Waals surface area contributed by atoms with E-state index in [1.165, 1.54) is 5.56 Å². The first-order chi connectivity index (χ1) is 8.60. The van der Waals surface area contributed by atoms with Crippen molar-refractivity contribution in [1.29, 1.82) is 0 Å². The lowest BCUT2D eigenvalue weighted by Crippen LogP contribution is -2.56. The van der Waals surface area contributed by atoms with E-state index in [2.05, 4.69) is 17.4 Å². The minimum absolute atomic E-state index is 0.0703. The Morgan fingerprint density at radius 3 is 2.83 bits per heavy atom. The number of carbonyl (C=O) groups is 1. The van der Waals surface area contributed by atoms with Crippen LogP contribution in [-0.2, 0) is 16.0 Å². The molecule has 4 heteroatoms. The van der Waals surface area contributed by atoms with Crippen molar-refractivity contribution in [3.05, 3.63) is 35.9 Å². The lowest BCUT2D eigenvalue weighted by atomic mass is 9.98. The molecule has 1 fully saturated rings. The van der Waals surface area contributed by atoms with Crippen LogP contribution in [0.4, 0.5) is 0 Å². The van der Waals surface area contributed by atoms with Crippen LogP contribution in [0.3, 0.4) is 0 Å². The van der Waals surface area contributed by atoms with Crippen LogP contribution in [0, 0.1) is 0 Å². The summed E-state index contributed by atoms with van der Waals surface area (Å²) in [5, 5.41) is 2.97. The van der Waals surface area contributed by atoms with E-state index in [1.807, 2.05) is 25.1 Å². The number of nitrogens with two attached hydrogens (primary N) is 1. The van der Waals surface area contributed by atoms with E-state index in [1.54, 1.807) is 0 Å². The van der Waals surface area contributed by atoms with Crippen molar-refractivity contribution in [2.75, 3.05) is 13.2 Å². The molecule has 0 radical (unpaired) electrons. The topological polar surface area (TPSA) is 64.4 Å². The zero-order valence-corrected chi connectivity index (χ0v) is 10.7. The fraction of sp³-hybridized carbons (Fsp3) is 0.500. The van der Waals surface area contributed by atoms with Crippen molar-refractivity contribution in [2.24, 2.45) is 5.73 Å². The van der Waals surface area contributed by atoms with Crippen LogP contribution in [0.5, 0.6) is 0 Å². The van der Waals surface area contributed by atoms with Crippen LogP contribution < -0.4 is 11.1 Å². The summed E-state index contributed by atoms with van der Waals surface area (Å²) in [6.07, 6.45) is 1.40. The highest BCUT2D eigenvalue weighted by Gasteiger charge is 2.38. The van der Waals surface area contributed by atoms with Crippen molar-refractivity contribution in [3.63, 3.8) is 0 Å². The third-order valence-electron chi connectivity index (χ3n) is 3.27. The zero-order chi connectivity index (χ0) is 13.0. The smallest absolute Gasteiger partial charge is 0.242 e. The predicted molar refractivity (Wildman–Crippen MR) is 70.1 cm³/mol. The van der Waals surface area contributed by atoms with E-state index < -0.39 is 5.54 Å². The number of hydrogen-bond donors (Lipinski definition) is 2. The molecule has 2 atom stereocenters. The maximum Gasteiger partial charge on any atom is 0.242 e. The van der Waals surface area contributed by atoms with Crippen molar-refractivity contribution in [1.82, 2.24) is 5.32 Å². The third-order valence-corrected chi connectivity index (χ3v) is 3.27. The second kappa shape index (κ2) is 5.50. The Labute approximate surface area is 108 Å². The molecule has 0 spiro atoms. The van der Waals surface area contributed by atoms with E-state index in [4.69, 9.17) is 10.5 Å². The number of carbonyl (C=O) groups excluding carboxylic acids is 1. The van der Waals surface area contributed by atoms with E-state index in [-0.39, 0.29) is 11.9 Å². The SMILES string of the molecule is CC(Cc1ccccc1)NC(=O)C1(N)CCOC1. The van der Waals surface area contributed by atoms with Crippen LogP contribution in [0.1, 0.15) is 18.9 Å². The molecular weight excluding hydrogens is 228 g/mol. The molecule has 2 unspecified atom stereocenters. The molecule has 0 saturated carbocycles. The van der Waals surface area contributed by atoms with Gasteiger partial charge in [-0.3, -0.25) is 4.79 Å². The summed E-state index contributed by atoms with van der Waals surface area (Å²) >= 11 is 0. The second-order valence-corrected chi connectivity index (χ2v) is 5.02. The minimum Gasteiger partial charge on any atom is -0.379 e. The van der Waals surface area contributed by atoms with E-state index in [0.29, 0.717) is 19.6 Å². The summed E-state index contributed by atoms with van der Waals surface area (Å²) in [7, 11) is 0. The molecule has 1 amide bonds.